The number of hydrogen-bond acceptors (Lipinski definition) is 8. The van der Waals surface area contributed by atoms with E-state index in [1.165, 1.54) is 12.8 Å². The van der Waals surface area contributed by atoms with Crippen molar-refractivity contribution in [3.8, 4) is 0 Å². The molecule has 10 rings (SSSR count). The summed E-state index contributed by atoms with van der Waals surface area (Å²) in [5.74, 6) is 3.35. The zero-order chi connectivity index (χ0) is 64.1. The highest BCUT2D eigenvalue weighted by atomic mass is 16.5. The first kappa shape index (κ1) is 68.5. The van der Waals surface area contributed by atoms with Gasteiger partial charge in [0.1, 0.15) is 0 Å². The number of fused-ring (bicyclic) bond motifs is 6. The van der Waals surface area contributed by atoms with Crippen molar-refractivity contribution < 1.29 is 38.7 Å². The number of nitrogens with two attached hydrogens (primary N) is 1. The third-order valence-electron chi connectivity index (χ3n) is 31.5. The van der Waals surface area contributed by atoms with E-state index in [4.69, 9.17) is 24.7 Å². The van der Waals surface area contributed by atoms with Crippen LogP contribution >= 0.6 is 0 Å². The van der Waals surface area contributed by atoms with E-state index >= 15 is 0 Å². The van der Waals surface area contributed by atoms with Crippen molar-refractivity contribution in [1.82, 2.24) is 4.90 Å². The Morgan fingerprint density at radius 2 is 0.953 bits per heavy atom. The van der Waals surface area contributed by atoms with E-state index in [0.29, 0.717) is 77.6 Å². The fourth-order valence-corrected chi connectivity index (χ4v) is 24.3. The van der Waals surface area contributed by atoms with Gasteiger partial charge in [0.25, 0.3) is 0 Å². The van der Waals surface area contributed by atoms with Gasteiger partial charge in [-0.25, -0.2) is 0 Å². The van der Waals surface area contributed by atoms with Gasteiger partial charge in [-0.1, -0.05) is 162 Å². The van der Waals surface area contributed by atoms with Crippen molar-refractivity contribution in [2.45, 2.75) is 253 Å². The summed E-state index contributed by atoms with van der Waals surface area (Å²) in [6.07, 6.45) is 18.2. The van der Waals surface area contributed by atoms with Crippen molar-refractivity contribution >= 4 is 11.9 Å². The lowest BCUT2D eigenvalue weighted by Crippen LogP contribution is -2.69. The predicted molar refractivity (Wildman–Crippen MR) is 349 cm³/mol. The summed E-state index contributed by atoms with van der Waals surface area (Å²) in [7, 11) is 4.36. The van der Waals surface area contributed by atoms with Gasteiger partial charge in [-0.2, -0.15) is 0 Å². The first-order valence-corrected chi connectivity index (χ1v) is 35.3. The molecular formula is C76H130N2O8. The van der Waals surface area contributed by atoms with Gasteiger partial charge in [-0.3, -0.25) is 9.59 Å². The molecule has 2 heterocycles. The number of carboxylic acid groups (broad SMARTS) is 2. The Morgan fingerprint density at radius 1 is 0.581 bits per heavy atom. The number of carbonyl (C=O) groups is 2. The van der Waals surface area contributed by atoms with Gasteiger partial charge in [0.15, 0.2) is 0 Å². The molecular weight excluding hydrogens is 1070 g/mol. The molecule has 0 aromatic rings. The Balaban J connectivity index is 0.000000206. The summed E-state index contributed by atoms with van der Waals surface area (Å²) < 4.78 is 27.2. The summed E-state index contributed by atoms with van der Waals surface area (Å²) in [6, 6.07) is 0. The van der Waals surface area contributed by atoms with Crippen LogP contribution in [0, 0.1) is 137 Å². The van der Waals surface area contributed by atoms with Gasteiger partial charge < -0.3 is 39.8 Å². The number of allylic oxidation sites excluding steroid dienone is 2. The van der Waals surface area contributed by atoms with Crippen molar-refractivity contribution in [2.75, 3.05) is 53.7 Å². The number of carboxylic acids is 2. The van der Waals surface area contributed by atoms with Gasteiger partial charge in [-0.15, -0.1) is 0 Å². The van der Waals surface area contributed by atoms with Gasteiger partial charge >= 0.3 is 11.9 Å². The Bertz CT molecular complexity index is 2580. The molecule has 2 saturated heterocycles. The summed E-state index contributed by atoms with van der Waals surface area (Å²) in [6.45, 7) is 55.6. The third-order valence-corrected chi connectivity index (χ3v) is 31.5. The van der Waals surface area contributed by atoms with E-state index in [0.717, 1.165) is 97.2 Å². The summed E-state index contributed by atoms with van der Waals surface area (Å²) in [5.41, 5.74) is 8.47. The van der Waals surface area contributed by atoms with Gasteiger partial charge in [0.2, 0.25) is 0 Å². The quantitative estimate of drug-likeness (QED) is 0.136. The zero-order valence-corrected chi connectivity index (χ0v) is 59.5. The Hall–Kier alpha value is -1.82. The molecule has 10 nitrogen and oxygen atoms in total. The highest BCUT2D eigenvalue weighted by Crippen LogP contribution is 2.78. The normalized spacial score (nSPS) is 48.1. The molecule has 4 N–H and O–H groups in total. The van der Waals surface area contributed by atoms with E-state index in [2.05, 4.69) is 183 Å². The number of ether oxygens (including phenoxy) is 4. The molecule has 8 fully saturated rings. The molecule has 0 radical (unpaired) electrons. The lowest BCUT2D eigenvalue weighted by Gasteiger charge is -2.71. The first-order valence-electron chi connectivity index (χ1n) is 35.3. The van der Waals surface area contributed by atoms with E-state index in [1.54, 1.807) is 11.1 Å². The second-order valence-electron chi connectivity index (χ2n) is 36.6. The molecule has 86 heavy (non-hydrogen) atoms. The lowest BCUT2D eigenvalue weighted by atomic mass is 9.34. The molecule has 10 heteroatoms. The van der Waals surface area contributed by atoms with Crippen LogP contribution in [0.1, 0.15) is 229 Å². The fraction of sp³-hybridized carbons (Fsp3) is 0.921. The summed E-state index contributed by atoms with van der Waals surface area (Å²) >= 11 is 0. The Morgan fingerprint density at radius 3 is 1.28 bits per heavy atom. The maximum atomic E-state index is 13.3. The van der Waals surface area contributed by atoms with Crippen LogP contribution in [0.2, 0.25) is 0 Å². The Kier molecular flexibility index (Phi) is 18.1. The molecule has 0 amide bonds. The van der Waals surface area contributed by atoms with Crippen LogP contribution in [0.5, 0.6) is 0 Å². The fourth-order valence-electron chi connectivity index (χ4n) is 24.3. The van der Waals surface area contributed by atoms with Crippen LogP contribution in [-0.2, 0) is 28.5 Å². The van der Waals surface area contributed by atoms with Crippen LogP contribution in [0.15, 0.2) is 23.3 Å². The number of aliphatic carboxylic acids is 2. The SMILES string of the molecule is CC(C)[C@@H](C)[C@@]1(C)CC[C@]2(C)[C@H]3CC[C@@H]4[C@@]5(COC[C@@]4(C)[C@@H](OC[C@@](C)(C(C)C)N(C)C)[C@H](C)C5)C3=CC[C@@]2(C)[C@@H]1C(=O)O.CC(C)[C@@H](C)[C@@]1(C)CC[C@]2(C)[C@H]3CC[C@@H]4[C@@]5(COC[C@@]4(C)[C@@H](OC[C@](C)(N)C(C)C)[C@H](C)C5)C3=CC[C@@]2(C)[C@@H]1C(=O)O. The van der Waals surface area contributed by atoms with Crippen LogP contribution in [-0.4, -0.2) is 104 Å². The minimum Gasteiger partial charge on any atom is -0.481 e. The summed E-state index contributed by atoms with van der Waals surface area (Å²) in [5, 5.41) is 21.9. The molecule has 0 aromatic heterocycles. The van der Waals surface area contributed by atoms with Gasteiger partial charge in [0, 0.05) is 32.7 Å². The molecule has 492 valence electrons. The van der Waals surface area contributed by atoms with E-state index < -0.39 is 11.9 Å². The average Bonchev–Trinajstić information content (AvgIpc) is 0.699. The molecule has 6 saturated carbocycles. The minimum atomic E-state index is -0.588. The van der Waals surface area contributed by atoms with Crippen LogP contribution in [0.3, 0.4) is 0 Å². The van der Waals surface area contributed by atoms with Crippen LogP contribution in [0.4, 0.5) is 0 Å². The number of rotatable bonds is 15. The third kappa shape index (κ3) is 9.71. The smallest absolute Gasteiger partial charge is 0.307 e. The molecule has 4 bridgehead atoms. The zero-order valence-electron chi connectivity index (χ0n) is 59.5. The maximum Gasteiger partial charge on any atom is 0.307 e. The molecule has 0 spiro atoms. The topological polar surface area (TPSA) is 141 Å². The Labute approximate surface area is 525 Å². The lowest BCUT2D eigenvalue weighted by molar-refractivity contribution is -0.255. The van der Waals surface area contributed by atoms with E-state index in [-0.39, 0.29) is 89.3 Å². The number of hydrogen-bond donors (Lipinski definition) is 3. The van der Waals surface area contributed by atoms with Crippen LogP contribution < -0.4 is 5.73 Å². The highest BCUT2D eigenvalue weighted by molar-refractivity contribution is 5.74. The predicted octanol–water partition coefficient (Wildman–Crippen LogP) is 16.5. The van der Waals surface area contributed by atoms with E-state index in [9.17, 15) is 19.8 Å². The van der Waals surface area contributed by atoms with Gasteiger partial charge in [-0.05, 0) is 208 Å². The van der Waals surface area contributed by atoms with Crippen LogP contribution in [0.25, 0.3) is 0 Å². The van der Waals surface area contributed by atoms with Crippen molar-refractivity contribution in [3.05, 3.63) is 23.3 Å². The average molecular weight is 1200 g/mol. The molecule has 0 aromatic carbocycles. The molecule has 24 atom stereocenters. The first-order chi connectivity index (χ1) is 39.6. The maximum absolute atomic E-state index is 13.3. The molecule has 2 aliphatic heterocycles. The number of likely N-dealkylation sites (N-methyl/N-ethyl adjacent to an activating group) is 1. The minimum absolute atomic E-state index is 0.0218. The number of nitrogens with zero attached hydrogens (tertiary/aromatic N) is 1. The standard InChI is InChI=1S/C39H67NO4.C37H63NO4/c1-24(2)27(6)34(7)18-19-36(9)28-14-15-30-35(8)21-43-23-39(30,29(28)16-17-37(36,10)31(34)33(41)42)20-26(5)32(35)44-22-38(11,25(3)4)40(12)13;1-22(2)25(6)32(7)16-17-34(9)26-12-13-28-33(8)19-41-21-37(28,27(26)14-15-35(34,10)29(32)31(39)40)18-24(5)30(33)42-20-36(11,38)23(3)4/h16,24-28,30-32H,14-15,17-23H2,1-13H3,(H,41,42);14,22-26,28-30H,12-13,15-21,38H2,1-11H3,(H,39,40)/t26-,27-,28+,30+,31-,32+,34-,35-,36-,37+,38+,39+;24-,25-,26+,28+,29-,30+,32-,33-,34-,35+,36+,37+/m11/s1. The van der Waals surface area contributed by atoms with Crippen molar-refractivity contribution in [3.63, 3.8) is 0 Å². The highest BCUT2D eigenvalue weighted by Gasteiger charge is 2.74. The second kappa shape index (κ2) is 22.7. The molecule has 8 aliphatic carbocycles. The van der Waals surface area contributed by atoms with E-state index in [1.807, 2.05) is 0 Å². The summed E-state index contributed by atoms with van der Waals surface area (Å²) in [4.78, 5) is 29.0. The van der Waals surface area contributed by atoms with Crippen molar-refractivity contribution in [2.24, 2.45) is 143 Å². The van der Waals surface area contributed by atoms with Gasteiger partial charge in [0.05, 0.1) is 63.7 Å². The second-order valence-corrected chi connectivity index (χ2v) is 36.6. The van der Waals surface area contributed by atoms with Crippen molar-refractivity contribution in [1.29, 1.82) is 0 Å². The molecule has 10 aliphatic rings. The largest absolute Gasteiger partial charge is 0.481 e. The monoisotopic (exact) mass is 1200 g/mol. The molecule has 0 unspecified atom stereocenters.